The number of carbonyl (C=O) groups is 1. The SMILES string of the molecule is Cc1[nH]c2cccc3c2c1C(C(N)=O)CC3. The summed E-state index contributed by atoms with van der Waals surface area (Å²) in [5.41, 5.74) is 10.1. The largest absolute Gasteiger partial charge is 0.369 e. The molecule has 1 unspecified atom stereocenters. The molecule has 0 spiro atoms. The number of amides is 1. The lowest BCUT2D eigenvalue weighted by atomic mass is 9.83. The van der Waals surface area contributed by atoms with Crippen LogP contribution in [0.3, 0.4) is 0 Å². The Kier molecular flexibility index (Phi) is 1.84. The Labute approximate surface area is 93.6 Å². The summed E-state index contributed by atoms with van der Waals surface area (Å²) in [5.74, 6) is -0.331. The van der Waals surface area contributed by atoms with Crippen LogP contribution < -0.4 is 5.73 Å². The first-order valence-corrected chi connectivity index (χ1v) is 5.58. The number of carbonyl (C=O) groups excluding carboxylic acids is 1. The van der Waals surface area contributed by atoms with Crippen molar-refractivity contribution in [2.24, 2.45) is 5.73 Å². The summed E-state index contributed by atoms with van der Waals surface area (Å²) in [7, 11) is 0. The Hall–Kier alpha value is -1.77. The van der Waals surface area contributed by atoms with Gasteiger partial charge in [-0.15, -0.1) is 0 Å². The van der Waals surface area contributed by atoms with Crippen LogP contribution in [0, 0.1) is 6.92 Å². The van der Waals surface area contributed by atoms with Gasteiger partial charge in [0.25, 0.3) is 0 Å². The minimum Gasteiger partial charge on any atom is -0.369 e. The summed E-state index contributed by atoms with van der Waals surface area (Å²) in [6.45, 7) is 2.01. The van der Waals surface area contributed by atoms with Gasteiger partial charge in [-0.2, -0.15) is 0 Å². The average molecular weight is 214 g/mol. The average Bonchev–Trinajstić information content (AvgIpc) is 2.59. The van der Waals surface area contributed by atoms with Gasteiger partial charge in [-0.3, -0.25) is 4.79 Å². The van der Waals surface area contributed by atoms with Gasteiger partial charge < -0.3 is 10.7 Å². The lowest BCUT2D eigenvalue weighted by Crippen LogP contribution is -2.24. The molecule has 82 valence electrons. The lowest BCUT2D eigenvalue weighted by molar-refractivity contribution is -0.119. The first-order valence-electron chi connectivity index (χ1n) is 5.58. The highest BCUT2D eigenvalue weighted by Crippen LogP contribution is 2.38. The maximum Gasteiger partial charge on any atom is 0.225 e. The molecule has 0 bridgehead atoms. The Bertz CT molecular complexity index is 583. The minimum atomic E-state index is -0.210. The van der Waals surface area contributed by atoms with Crippen LogP contribution in [0.4, 0.5) is 0 Å². The van der Waals surface area contributed by atoms with Crippen molar-refractivity contribution in [1.29, 1.82) is 0 Å². The zero-order valence-corrected chi connectivity index (χ0v) is 9.21. The van der Waals surface area contributed by atoms with Gasteiger partial charge in [-0.05, 0) is 37.0 Å². The number of hydrogen-bond donors (Lipinski definition) is 2. The molecular formula is C13H14N2O. The number of rotatable bonds is 1. The third kappa shape index (κ3) is 1.11. The fourth-order valence-electron chi connectivity index (χ4n) is 2.85. The number of hydrogen-bond acceptors (Lipinski definition) is 1. The molecule has 16 heavy (non-hydrogen) atoms. The highest BCUT2D eigenvalue weighted by molar-refractivity contribution is 5.95. The fourth-order valence-corrected chi connectivity index (χ4v) is 2.85. The summed E-state index contributed by atoms with van der Waals surface area (Å²) in [4.78, 5) is 14.8. The van der Waals surface area contributed by atoms with E-state index in [1.807, 2.05) is 6.92 Å². The standard InChI is InChI=1S/C13H14N2O/c1-7-11-9(13(14)16)6-5-8-3-2-4-10(15-7)12(8)11/h2-4,9,15H,5-6H2,1H3,(H2,14,16). The van der Waals surface area contributed by atoms with Crippen molar-refractivity contribution < 1.29 is 4.79 Å². The van der Waals surface area contributed by atoms with Crippen molar-refractivity contribution in [2.75, 3.05) is 0 Å². The van der Waals surface area contributed by atoms with Gasteiger partial charge in [0.2, 0.25) is 5.91 Å². The molecule has 3 N–H and O–H groups in total. The van der Waals surface area contributed by atoms with Gasteiger partial charge in [0.1, 0.15) is 0 Å². The van der Waals surface area contributed by atoms with E-state index in [1.165, 1.54) is 10.9 Å². The summed E-state index contributed by atoms with van der Waals surface area (Å²) in [6.07, 6.45) is 1.77. The number of benzene rings is 1. The zero-order valence-electron chi connectivity index (χ0n) is 9.21. The lowest BCUT2D eigenvalue weighted by Gasteiger charge is -2.20. The molecule has 1 aromatic heterocycles. The zero-order chi connectivity index (χ0) is 11.3. The Balaban J connectivity index is 2.37. The highest BCUT2D eigenvalue weighted by atomic mass is 16.1. The quantitative estimate of drug-likeness (QED) is 0.749. The maximum absolute atomic E-state index is 11.5. The van der Waals surface area contributed by atoms with E-state index in [0.717, 1.165) is 29.6 Å². The van der Waals surface area contributed by atoms with Crippen LogP contribution in [-0.2, 0) is 11.2 Å². The molecule has 0 fully saturated rings. The Morgan fingerprint density at radius 3 is 3.06 bits per heavy atom. The van der Waals surface area contributed by atoms with Gasteiger partial charge in [0, 0.05) is 16.6 Å². The van der Waals surface area contributed by atoms with Crippen molar-refractivity contribution in [3.63, 3.8) is 0 Å². The van der Waals surface area contributed by atoms with E-state index in [-0.39, 0.29) is 11.8 Å². The molecule has 3 nitrogen and oxygen atoms in total. The van der Waals surface area contributed by atoms with Crippen LogP contribution in [-0.4, -0.2) is 10.9 Å². The van der Waals surface area contributed by atoms with Gasteiger partial charge in [-0.1, -0.05) is 12.1 Å². The molecule has 1 aliphatic carbocycles. The number of primary amides is 1. The number of nitrogens with two attached hydrogens (primary N) is 1. The van der Waals surface area contributed by atoms with Crippen LogP contribution in [0.1, 0.15) is 29.2 Å². The van der Waals surface area contributed by atoms with Gasteiger partial charge in [-0.25, -0.2) is 0 Å². The Morgan fingerprint density at radius 2 is 2.31 bits per heavy atom. The summed E-state index contributed by atoms with van der Waals surface area (Å²) in [6, 6.07) is 6.25. The molecule has 0 saturated carbocycles. The Morgan fingerprint density at radius 1 is 1.50 bits per heavy atom. The van der Waals surface area contributed by atoms with E-state index in [1.54, 1.807) is 0 Å². The molecule has 0 aliphatic heterocycles. The number of aromatic nitrogens is 1. The van der Waals surface area contributed by atoms with E-state index in [9.17, 15) is 4.79 Å². The maximum atomic E-state index is 11.5. The predicted molar refractivity (Wildman–Crippen MR) is 63.3 cm³/mol. The van der Waals surface area contributed by atoms with Crippen molar-refractivity contribution in [2.45, 2.75) is 25.7 Å². The van der Waals surface area contributed by atoms with E-state index < -0.39 is 0 Å². The third-order valence-electron chi connectivity index (χ3n) is 3.54. The summed E-state index contributed by atoms with van der Waals surface area (Å²) in [5, 5.41) is 1.22. The third-order valence-corrected chi connectivity index (χ3v) is 3.54. The van der Waals surface area contributed by atoms with Crippen molar-refractivity contribution in [1.82, 2.24) is 4.98 Å². The molecule has 3 rings (SSSR count). The number of H-pyrrole nitrogens is 1. The van der Waals surface area contributed by atoms with Crippen LogP contribution >= 0.6 is 0 Å². The van der Waals surface area contributed by atoms with Crippen LogP contribution in [0.25, 0.3) is 10.9 Å². The predicted octanol–water partition coefficient (Wildman–Crippen LogP) is 1.99. The molecule has 1 atom stereocenters. The van der Waals surface area contributed by atoms with Gasteiger partial charge >= 0.3 is 0 Å². The van der Waals surface area contributed by atoms with Crippen molar-refractivity contribution >= 4 is 16.8 Å². The van der Waals surface area contributed by atoms with Crippen LogP contribution in [0.2, 0.25) is 0 Å². The molecule has 1 aliphatic rings. The molecule has 2 aromatic rings. The second-order valence-electron chi connectivity index (χ2n) is 4.50. The van der Waals surface area contributed by atoms with Gasteiger partial charge in [0.05, 0.1) is 5.92 Å². The fraction of sp³-hybridized carbons (Fsp3) is 0.308. The van der Waals surface area contributed by atoms with Crippen LogP contribution in [0.15, 0.2) is 18.2 Å². The van der Waals surface area contributed by atoms with Gasteiger partial charge in [0.15, 0.2) is 0 Å². The monoisotopic (exact) mass is 214 g/mol. The topological polar surface area (TPSA) is 58.9 Å². The van der Waals surface area contributed by atoms with Crippen molar-refractivity contribution in [3.05, 3.63) is 35.0 Å². The first kappa shape index (κ1) is 9.46. The second-order valence-corrected chi connectivity index (χ2v) is 4.50. The molecular weight excluding hydrogens is 200 g/mol. The molecule has 0 radical (unpaired) electrons. The minimum absolute atomic E-state index is 0.122. The number of nitrogens with one attached hydrogen (secondary N) is 1. The van der Waals surface area contributed by atoms with E-state index in [2.05, 4.69) is 23.2 Å². The normalized spacial score (nSPS) is 18.9. The van der Waals surface area contributed by atoms with Crippen molar-refractivity contribution in [3.8, 4) is 0 Å². The molecule has 3 heteroatoms. The first-order chi connectivity index (χ1) is 7.68. The summed E-state index contributed by atoms with van der Waals surface area (Å²) >= 11 is 0. The van der Waals surface area contributed by atoms with E-state index in [4.69, 9.17) is 5.73 Å². The second kappa shape index (κ2) is 3.11. The van der Waals surface area contributed by atoms with E-state index >= 15 is 0 Å². The molecule has 0 saturated heterocycles. The summed E-state index contributed by atoms with van der Waals surface area (Å²) < 4.78 is 0. The number of aryl methyl sites for hydroxylation is 2. The molecule has 1 amide bonds. The van der Waals surface area contributed by atoms with Crippen LogP contribution in [0.5, 0.6) is 0 Å². The molecule has 1 heterocycles. The van der Waals surface area contributed by atoms with E-state index in [0.29, 0.717) is 0 Å². The smallest absolute Gasteiger partial charge is 0.225 e. The number of aromatic amines is 1. The molecule has 1 aromatic carbocycles. The highest BCUT2D eigenvalue weighted by Gasteiger charge is 2.28.